The van der Waals surface area contributed by atoms with Gasteiger partial charge in [0.05, 0.1) is 43.7 Å². The molecule has 20 nitrogen and oxygen atoms in total. The van der Waals surface area contributed by atoms with Crippen LogP contribution in [0.5, 0.6) is 0 Å². The first-order valence-corrected chi connectivity index (χ1v) is 26.6. The van der Waals surface area contributed by atoms with Gasteiger partial charge in [-0.1, -0.05) is 39.3 Å². The lowest BCUT2D eigenvalue weighted by Gasteiger charge is -2.59. The van der Waals surface area contributed by atoms with E-state index in [2.05, 4.69) is 33.8 Å². The van der Waals surface area contributed by atoms with E-state index in [9.17, 15) is 51.1 Å². The van der Waals surface area contributed by atoms with E-state index in [0.29, 0.717) is 48.3 Å². The maximum atomic E-state index is 12.2. The molecule has 1 spiro atoms. The third-order valence-corrected chi connectivity index (χ3v) is 19.7. The Bertz CT molecular complexity index is 1890. The van der Waals surface area contributed by atoms with Crippen LogP contribution >= 0.6 is 0 Å². The van der Waals surface area contributed by atoms with Crippen LogP contribution in [0.15, 0.2) is 11.6 Å². The lowest BCUT2D eigenvalue weighted by atomic mass is 9.47. The molecule has 3 saturated carbocycles. The fourth-order valence-electron chi connectivity index (χ4n) is 15.4. The average molecular weight is 1020 g/mol. The molecule has 0 aromatic carbocycles. The number of hydrogen-bond donors (Lipinski definition) is 10. The van der Waals surface area contributed by atoms with Crippen LogP contribution in [-0.4, -0.2) is 205 Å². The van der Waals surface area contributed by atoms with Gasteiger partial charge >= 0.3 is 0 Å². The lowest BCUT2D eigenvalue weighted by molar-refractivity contribution is -0.394. The second kappa shape index (κ2) is 20.1. The van der Waals surface area contributed by atoms with E-state index in [1.165, 1.54) is 26.3 Å². The summed E-state index contributed by atoms with van der Waals surface area (Å²) in [5, 5.41) is 109. The van der Waals surface area contributed by atoms with Gasteiger partial charge in [0.1, 0.15) is 79.4 Å². The molecule has 71 heavy (non-hydrogen) atoms. The van der Waals surface area contributed by atoms with Gasteiger partial charge in [0.15, 0.2) is 30.9 Å². The van der Waals surface area contributed by atoms with Crippen LogP contribution < -0.4 is 0 Å². The average Bonchev–Trinajstić information content (AvgIpc) is 3.79. The molecular formula is C51H82O20. The van der Waals surface area contributed by atoms with Gasteiger partial charge in [0.2, 0.25) is 0 Å². The van der Waals surface area contributed by atoms with Crippen LogP contribution in [0.4, 0.5) is 0 Å². The third-order valence-electron chi connectivity index (χ3n) is 19.7. The van der Waals surface area contributed by atoms with Crippen molar-refractivity contribution in [2.24, 2.45) is 46.3 Å². The van der Waals surface area contributed by atoms with Gasteiger partial charge in [-0.3, -0.25) is 0 Å². The largest absolute Gasteiger partial charge is 0.394 e. The highest BCUT2D eigenvalue weighted by Crippen LogP contribution is 2.71. The first-order valence-electron chi connectivity index (χ1n) is 26.6. The summed E-state index contributed by atoms with van der Waals surface area (Å²) in [6.45, 7) is 14.1. The predicted octanol–water partition coefficient (Wildman–Crippen LogP) is 0.0935. The Balaban J connectivity index is 0.836. The van der Waals surface area contributed by atoms with Gasteiger partial charge in [-0.15, -0.1) is 0 Å². The molecular weight excluding hydrogens is 933 g/mol. The zero-order valence-electron chi connectivity index (χ0n) is 42.1. The first-order chi connectivity index (χ1) is 33.6. The van der Waals surface area contributed by atoms with E-state index < -0.39 is 141 Å². The van der Waals surface area contributed by atoms with Crippen LogP contribution in [0.2, 0.25) is 0 Å². The van der Waals surface area contributed by atoms with Gasteiger partial charge in [0.25, 0.3) is 0 Å². The predicted molar refractivity (Wildman–Crippen MR) is 244 cm³/mol. The molecule has 6 heterocycles. The van der Waals surface area contributed by atoms with Crippen molar-refractivity contribution in [3.8, 4) is 0 Å². The van der Waals surface area contributed by atoms with Crippen molar-refractivity contribution in [2.45, 2.75) is 247 Å². The topological polar surface area (TPSA) is 295 Å². The summed E-state index contributed by atoms with van der Waals surface area (Å²) in [7, 11) is 0. The standard InChI is InChI=1S/C51H82O20/c1-20-10-15-51(62-19-20)21(2)32-30(71-51)17-29-27-9-8-25-16-26(11-13-49(25,6)28(27)12-14-50(29,32)7)66-48-44(70-46-39(59)36(56)34(54)23(4)64-46)41(61)43(31(18-52)67-48)69-47-40(60)37(57)42(24(5)65-47)68-45-38(58)35(55)33(53)22(3)63-45/h8,20-24,26-48,52-61H,9-19H2,1-7H3/t20-,21+,22+,23+,24+,26+,27-,28+,29+,30+,31-,32+,33+,34+,35-,36-,37+,38-,39-,40-,41+,42+,43-,44-,45+,46+,47+,48+,49+,50+,51-/m1/s1. The molecule has 20 heteroatoms. The molecule has 6 saturated heterocycles. The molecule has 0 aromatic rings. The summed E-state index contributed by atoms with van der Waals surface area (Å²) in [5.41, 5.74) is 1.44. The van der Waals surface area contributed by atoms with Crippen molar-refractivity contribution in [3.05, 3.63) is 11.6 Å². The minimum absolute atomic E-state index is 0.0569. The fourth-order valence-corrected chi connectivity index (χ4v) is 15.4. The highest BCUT2D eigenvalue weighted by atomic mass is 16.8. The Morgan fingerprint density at radius 3 is 1.82 bits per heavy atom. The monoisotopic (exact) mass is 1010 g/mol. The quantitative estimate of drug-likeness (QED) is 0.137. The molecule has 0 radical (unpaired) electrons. The van der Waals surface area contributed by atoms with Gasteiger partial charge in [-0.05, 0) is 113 Å². The zero-order valence-corrected chi connectivity index (χ0v) is 42.1. The summed E-state index contributed by atoms with van der Waals surface area (Å²) >= 11 is 0. The highest BCUT2D eigenvalue weighted by molar-refractivity contribution is 5.26. The molecule has 0 aromatic heterocycles. The summed E-state index contributed by atoms with van der Waals surface area (Å²) in [6.07, 6.45) is -19.0. The van der Waals surface area contributed by atoms with Crippen molar-refractivity contribution in [3.63, 3.8) is 0 Å². The Morgan fingerprint density at radius 1 is 0.592 bits per heavy atom. The summed E-state index contributed by atoms with van der Waals surface area (Å²) in [5.74, 6) is 2.46. The molecule has 10 aliphatic rings. The number of allylic oxidation sites excluding steroid dienone is 1. The summed E-state index contributed by atoms with van der Waals surface area (Å²) in [4.78, 5) is 0. The molecule has 31 atom stereocenters. The SMILES string of the molecule is C[C@@H]1CC[C@@]2(OC1)O[C@H]1C[C@H]3[C@@H]4CC=C5C[C@@H](O[C@H]6O[C@H](CO)[C@@H](O[C@@H]7O[C@@H](C)[C@H](O[C@@H]8O[C@@H](C)[C@H](O)[C@@H](O)[C@H]8O)[C@@H](O)[C@H]7O)[C@H](O)[C@H]6O[C@@H]6O[C@@H](C)[C@H](O)[C@@H](O)[C@H]6O)CC[C@]5(C)[C@H]4CC[C@]3(C)[C@H]1[C@@H]2C. The van der Waals surface area contributed by atoms with Gasteiger partial charge < -0.3 is 98.4 Å². The van der Waals surface area contributed by atoms with Crippen molar-refractivity contribution in [1.29, 1.82) is 0 Å². The summed E-state index contributed by atoms with van der Waals surface area (Å²) in [6, 6.07) is 0. The van der Waals surface area contributed by atoms with E-state index in [1.54, 1.807) is 0 Å². The Kier molecular flexibility index (Phi) is 15.1. The van der Waals surface area contributed by atoms with Crippen LogP contribution in [0.25, 0.3) is 0 Å². The molecule has 0 bridgehead atoms. The second-order valence-corrected chi connectivity index (χ2v) is 23.8. The molecule has 9 fully saturated rings. The fraction of sp³-hybridized carbons (Fsp3) is 0.961. The molecule has 10 rings (SSSR count). The summed E-state index contributed by atoms with van der Waals surface area (Å²) < 4.78 is 62.2. The van der Waals surface area contributed by atoms with Crippen molar-refractivity contribution < 1.29 is 98.4 Å². The normalized spacial score (nSPS) is 58.4. The van der Waals surface area contributed by atoms with Crippen molar-refractivity contribution >= 4 is 0 Å². The minimum Gasteiger partial charge on any atom is -0.394 e. The number of hydrogen-bond acceptors (Lipinski definition) is 20. The zero-order chi connectivity index (χ0) is 50.8. The molecule has 6 aliphatic heterocycles. The van der Waals surface area contributed by atoms with E-state index >= 15 is 0 Å². The number of rotatable bonds is 9. The van der Waals surface area contributed by atoms with Crippen LogP contribution in [0.3, 0.4) is 0 Å². The molecule has 0 unspecified atom stereocenters. The number of fused-ring (bicyclic) bond motifs is 7. The third kappa shape index (κ3) is 9.03. The van der Waals surface area contributed by atoms with Crippen molar-refractivity contribution in [1.82, 2.24) is 0 Å². The van der Waals surface area contributed by atoms with E-state index in [-0.39, 0.29) is 16.9 Å². The van der Waals surface area contributed by atoms with Gasteiger partial charge in [0, 0.05) is 12.3 Å². The molecule has 4 aliphatic carbocycles. The maximum absolute atomic E-state index is 12.2. The molecule has 10 N–H and O–H groups in total. The minimum atomic E-state index is -1.85. The number of aliphatic hydroxyl groups excluding tert-OH is 10. The van der Waals surface area contributed by atoms with Crippen LogP contribution in [0, 0.1) is 46.3 Å². The van der Waals surface area contributed by atoms with Crippen molar-refractivity contribution in [2.75, 3.05) is 13.2 Å². The number of ether oxygens (including phenoxy) is 10. The Hall–Kier alpha value is -1.06. The van der Waals surface area contributed by atoms with Gasteiger partial charge in [-0.2, -0.15) is 0 Å². The molecule has 0 amide bonds. The van der Waals surface area contributed by atoms with Crippen LogP contribution in [-0.2, 0) is 47.4 Å². The van der Waals surface area contributed by atoms with E-state index in [1.807, 2.05) is 0 Å². The Morgan fingerprint density at radius 2 is 1.20 bits per heavy atom. The van der Waals surface area contributed by atoms with Gasteiger partial charge in [-0.25, -0.2) is 0 Å². The van der Waals surface area contributed by atoms with E-state index in [4.69, 9.17) is 47.4 Å². The number of aliphatic hydroxyl groups is 10. The van der Waals surface area contributed by atoms with E-state index in [0.717, 1.165) is 51.6 Å². The maximum Gasteiger partial charge on any atom is 0.187 e. The first kappa shape index (κ1) is 53.3. The second-order valence-electron chi connectivity index (χ2n) is 23.8. The highest BCUT2D eigenvalue weighted by Gasteiger charge is 2.69. The smallest absolute Gasteiger partial charge is 0.187 e. The Labute approximate surface area is 415 Å². The lowest BCUT2D eigenvalue weighted by Crippen LogP contribution is -2.67. The van der Waals surface area contributed by atoms with Crippen LogP contribution in [0.1, 0.15) is 106 Å². The molecule has 406 valence electrons.